The van der Waals surface area contributed by atoms with Crippen molar-refractivity contribution in [1.29, 1.82) is 5.26 Å². The Morgan fingerprint density at radius 3 is 2.56 bits per heavy atom. The average molecular weight is 437 g/mol. The number of carbonyl (C=O) groups is 2. The minimum Gasteiger partial charge on any atom is -0.493 e. The number of nitrogens with zero attached hydrogens (tertiary/aromatic N) is 1. The third kappa shape index (κ3) is 7.17. The fourth-order valence-electron chi connectivity index (χ4n) is 2.96. The summed E-state index contributed by atoms with van der Waals surface area (Å²) in [6.45, 7) is 2.76. The van der Waals surface area contributed by atoms with E-state index in [4.69, 9.17) is 9.47 Å². The smallest absolute Gasteiger partial charge is 0.337 e. The van der Waals surface area contributed by atoms with Gasteiger partial charge in [-0.1, -0.05) is 38.3 Å². The van der Waals surface area contributed by atoms with Gasteiger partial charge in [-0.05, 0) is 48.4 Å². The molecule has 0 unspecified atom stereocenters. The summed E-state index contributed by atoms with van der Waals surface area (Å²) in [4.78, 5) is 24.2. The van der Waals surface area contributed by atoms with E-state index in [1.807, 2.05) is 6.07 Å². The van der Waals surface area contributed by atoms with Crippen molar-refractivity contribution in [3.05, 3.63) is 59.2 Å². The Kier molecular flexibility index (Phi) is 9.79. The van der Waals surface area contributed by atoms with Gasteiger partial charge in [-0.15, -0.1) is 0 Å². The molecule has 1 amide bonds. The van der Waals surface area contributed by atoms with Crippen LogP contribution in [-0.4, -0.2) is 32.7 Å². The van der Waals surface area contributed by atoms with E-state index in [0.29, 0.717) is 34.9 Å². The van der Waals surface area contributed by atoms with Gasteiger partial charge in [0, 0.05) is 5.69 Å². The average Bonchev–Trinajstić information content (AvgIpc) is 2.82. The van der Waals surface area contributed by atoms with Gasteiger partial charge in [-0.25, -0.2) is 4.79 Å². The zero-order chi connectivity index (χ0) is 23.3. The monoisotopic (exact) mass is 436 g/mol. The first-order chi connectivity index (χ1) is 15.5. The molecule has 0 aromatic heterocycles. The molecule has 0 aliphatic rings. The number of ether oxygens (including phenoxy) is 3. The second-order valence-electron chi connectivity index (χ2n) is 7.02. The van der Waals surface area contributed by atoms with E-state index in [0.717, 1.165) is 19.3 Å². The van der Waals surface area contributed by atoms with E-state index in [1.54, 1.807) is 43.5 Å². The van der Waals surface area contributed by atoms with Crippen LogP contribution in [0.3, 0.4) is 0 Å². The fraction of sp³-hybridized carbons (Fsp3) is 0.320. The zero-order valence-corrected chi connectivity index (χ0v) is 18.6. The van der Waals surface area contributed by atoms with Crippen molar-refractivity contribution >= 4 is 23.6 Å². The van der Waals surface area contributed by atoms with Crippen molar-refractivity contribution in [2.24, 2.45) is 0 Å². The lowest BCUT2D eigenvalue weighted by atomic mass is 10.1. The lowest BCUT2D eigenvalue weighted by Gasteiger charge is -2.11. The molecule has 0 atom stereocenters. The standard InChI is InChI=1S/C25H28N2O5/c1-4-5-6-7-13-32-22-12-11-18(15-23(22)30-2)14-20(17-26)24(28)27-21-10-8-9-19(16-21)25(29)31-3/h8-12,14-16H,4-7,13H2,1-3H3,(H,27,28)/b20-14+. The SMILES string of the molecule is CCCCCCOc1ccc(/C=C(\C#N)C(=O)Nc2cccc(C(=O)OC)c2)cc1OC. The molecule has 0 heterocycles. The predicted molar refractivity (Wildman–Crippen MR) is 123 cm³/mol. The maximum Gasteiger partial charge on any atom is 0.337 e. The minimum absolute atomic E-state index is 0.0937. The molecule has 32 heavy (non-hydrogen) atoms. The van der Waals surface area contributed by atoms with Crippen molar-refractivity contribution < 1.29 is 23.8 Å². The zero-order valence-electron chi connectivity index (χ0n) is 18.6. The van der Waals surface area contributed by atoms with Gasteiger partial charge in [0.1, 0.15) is 11.6 Å². The van der Waals surface area contributed by atoms with Gasteiger partial charge in [0.05, 0.1) is 26.4 Å². The summed E-state index contributed by atoms with van der Waals surface area (Å²) in [6.07, 6.45) is 5.89. The van der Waals surface area contributed by atoms with Crippen LogP contribution in [-0.2, 0) is 9.53 Å². The Balaban J connectivity index is 2.12. The number of anilines is 1. The van der Waals surface area contributed by atoms with Gasteiger partial charge in [-0.2, -0.15) is 5.26 Å². The third-order valence-electron chi connectivity index (χ3n) is 4.66. The number of nitrogens with one attached hydrogen (secondary N) is 1. The molecule has 0 spiro atoms. The highest BCUT2D eigenvalue weighted by atomic mass is 16.5. The lowest BCUT2D eigenvalue weighted by molar-refractivity contribution is -0.112. The first kappa shape index (κ1) is 24.5. The Labute approximate surface area is 188 Å². The number of esters is 1. The number of benzene rings is 2. The van der Waals surface area contributed by atoms with Gasteiger partial charge in [0.25, 0.3) is 5.91 Å². The molecule has 1 N–H and O–H groups in total. The second kappa shape index (κ2) is 12.8. The van der Waals surface area contributed by atoms with E-state index in [9.17, 15) is 14.9 Å². The van der Waals surface area contributed by atoms with Gasteiger partial charge in [0.2, 0.25) is 0 Å². The summed E-state index contributed by atoms with van der Waals surface area (Å²) in [5.74, 6) is 0.0306. The van der Waals surface area contributed by atoms with Crippen LogP contribution in [0.1, 0.15) is 48.5 Å². The number of methoxy groups -OCH3 is 2. The molecular weight excluding hydrogens is 408 g/mol. The van der Waals surface area contributed by atoms with Gasteiger partial charge < -0.3 is 19.5 Å². The van der Waals surface area contributed by atoms with Gasteiger partial charge in [0.15, 0.2) is 11.5 Å². The first-order valence-electron chi connectivity index (χ1n) is 10.4. The normalized spacial score (nSPS) is 10.8. The molecule has 2 aromatic rings. The van der Waals surface area contributed by atoms with Gasteiger partial charge >= 0.3 is 5.97 Å². The highest BCUT2D eigenvalue weighted by Gasteiger charge is 2.13. The quantitative estimate of drug-likeness (QED) is 0.231. The molecule has 0 bridgehead atoms. The summed E-state index contributed by atoms with van der Waals surface area (Å²) in [5, 5.41) is 12.1. The second-order valence-corrected chi connectivity index (χ2v) is 7.02. The third-order valence-corrected chi connectivity index (χ3v) is 4.66. The van der Waals surface area contributed by atoms with Crippen LogP contribution in [0.4, 0.5) is 5.69 Å². The molecule has 0 saturated heterocycles. The van der Waals surface area contributed by atoms with Crippen LogP contribution < -0.4 is 14.8 Å². The Hall–Kier alpha value is -3.79. The van der Waals surface area contributed by atoms with Crippen LogP contribution in [0, 0.1) is 11.3 Å². The molecule has 0 radical (unpaired) electrons. The summed E-state index contributed by atoms with van der Waals surface area (Å²) >= 11 is 0. The van der Waals surface area contributed by atoms with Crippen LogP contribution in [0.15, 0.2) is 48.0 Å². The summed E-state index contributed by atoms with van der Waals surface area (Å²) < 4.78 is 15.9. The van der Waals surface area contributed by atoms with Crippen molar-refractivity contribution in [2.45, 2.75) is 32.6 Å². The molecule has 2 aromatic carbocycles. The van der Waals surface area contributed by atoms with Crippen molar-refractivity contribution in [3.8, 4) is 17.6 Å². The molecule has 0 fully saturated rings. The number of hydrogen-bond donors (Lipinski definition) is 1. The molecule has 2 rings (SSSR count). The number of rotatable bonds is 11. The molecule has 168 valence electrons. The Morgan fingerprint density at radius 1 is 1.06 bits per heavy atom. The molecule has 0 saturated carbocycles. The van der Waals surface area contributed by atoms with E-state index >= 15 is 0 Å². The number of hydrogen-bond acceptors (Lipinski definition) is 6. The summed E-state index contributed by atoms with van der Waals surface area (Å²) in [5.41, 5.74) is 1.20. The van der Waals surface area contributed by atoms with Crippen molar-refractivity contribution in [1.82, 2.24) is 0 Å². The molecule has 0 aliphatic heterocycles. The van der Waals surface area contributed by atoms with Crippen LogP contribution in [0.25, 0.3) is 6.08 Å². The van der Waals surface area contributed by atoms with Crippen molar-refractivity contribution in [3.63, 3.8) is 0 Å². The van der Waals surface area contributed by atoms with Crippen LogP contribution in [0.2, 0.25) is 0 Å². The Morgan fingerprint density at radius 2 is 1.88 bits per heavy atom. The highest BCUT2D eigenvalue weighted by Crippen LogP contribution is 2.29. The maximum absolute atomic E-state index is 12.6. The number of carbonyl (C=O) groups excluding carboxylic acids is 2. The largest absolute Gasteiger partial charge is 0.493 e. The number of unbranched alkanes of at least 4 members (excludes halogenated alkanes) is 3. The molecule has 7 nitrogen and oxygen atoms in total. The highest BCUT2D eigenvalue weighted by molar-refractivity contribution is 6.10. The fourth-order valence-corrected chi connectivity index (χ4v) is 2.96. The topological polar surface area (TPSA) is 97.7 Å². The van der Waals surface area contributed by atoms with Gasteiger partial charge in [-0.3, -0.25) is 4.79 Å². The van der Waals surface area contributed by atoms with E-state index < -0.39 is 11.9 Å². The lowest BCUT2D eigenvalue weighted by Crippen LogP contribution is -2.14. The van der Waals surface area contributed by atoms with Crippen LogP contribution in [0.5, 0.6) is 11.5 Å². The van der Waals surface area contributed by atoms with Crippen LogP contribution >= 0.6 is 0 Å². The minimum atomic E-state index is -0.593. The first-order valence-corrected chi connectivity index (χ1v) is 10.4. The number of amides is 1. The van der Waals surface area contributed by atoms with Crippen molar-refractivity contribution in [2.75, 3.05) is 26.1 Å². The Bertz CT molecular complexity index is 1010. The van der Waals surface area contributed by atoms with E-state index in [2.05, 4.69) is 17.0 Å². The molecular formula is C25H28N2O5. The predicted octanol–water partition coefficient (Wildman–Crippen LogP) is 4.99. The van der Waals surface area contributed by atoms with E-state index in [1.165, 1.54) is 25.7 Å². The van der Waals surface area contributed by atoms with E-state index in [-0.39, 0.29) is 5.57 Å². The molecule has 7 heteroatoms. The summed E-state index contributed by atoms with van der Waals surface area (Å²) in [7, 11) is 2.82. The maximum atomic E-state index is 12.6. The summed E-state index contributed by atoms with van der Waals surface area (Å²) in [6, 6.07) is 13.4. The molecule has 0 aliphatic carbocycles. The number of nitriles is 1.